The van der Waals surface area contributed by atoms with Gasteiger partial charge in [0.05, 0.1) is 12.1 Å². The van der Waals surface area contributed by atoms with Crippen molar-refractivity contribution < 1.29 is 13.6 Å². The molecule has 5 nitrogen and oxygen atoms in total. The van der Waals surface area contributed by atoms with Crippen LogP contribution in [-0.2, 0) is 4.79 Å². The van der Waals surface area contributed by atoms with Gasteiger partial charge in [-0.2, -0.15) is 0 Å². The molecule has 24 heavy (non-hydrogen) atoms. The first-order valence-electron chi connectivity index (χ1n) is 7.62. The average molecular weight is 355 g/mol. The number of nitrogens with zero attached hydrogens (tertiary/aromatic N) is 3. The van der Waals surface area contributed by atoms with Gasteiger partial charge in [0.2, 0.25) is 5.91 Å². The molecule has 2 atom stereocenters. The van der Waals surface area contributed by atoms with Crippen molar-refractivity contribution in [2.24, 2.45) is 0 Å². The number of carbonyl (C=O) groups is 1. The molecule has 2 aromatic rings. The van der Waals surface area contributed by atoms with Gasteiger partial charge in [0, 0.05) is 22.9 Å². The minimum absolute atomic E-state index is 0.305. The van der Waals surface area contributed by atoms with E-state index in [-0.39, 0.29) is 12.3 Å². The Morgan fingerprint density at radius 2 is 2.21 bits per heavy atom. The lowest BCUT2D eigenvalue weighted by Gasteiger charge is -2.25. The van der Waals surface area contributed by atoms with E-state index in [1.807, 2.05) is 0 Å². The van der Waals surface area contributed by atoms with E-state index >= 15 is 0 Å². The van der Waals surface area contributed by atoms with Crippen LogP contribution in [0.2, 0.25) is 5.02 Å². The molecule has 0 radical (unpaired) electrons. The minimum Gasteiger partial charge on any atom is -0.358 e. The summed E-state index contributed by atoms with van der Waals surface area (Å²) < 4.78 is 27.0. The molecule has 128 valence electrons. The van der Waals surface area contributed by atoms with E-state index < -0.39 is 24.6 Å². The third kappa shape index (κ3) is 3.26. The number of carbonyl (C=O) groups excluding carboxylic acids is 1. The molecule has 1 aromatic heterocycles. The Morgan fingerprint density at radius 1 is 1.46 bits per heavy atom. The highest BCUT2D eigenvalue weighted by atomic mass is 35.5. The molecule has 1 fully saturated rings. The van der Waals surface area contributed by atoms with E-state index in [1.54, 1.807) is 32.0 Å². The molecule has 3 rings (SSSR count). The fraction of sp³-hybridized carbons (Fsp3) is 0.438. The Balaban J connectivity index is 1.80. The summed E-state index contributed by atoms with van der Waals surface area (Å²) in [6.07, 6.45) is 1.06. The molecule has 1 aliphatic rings. The highest BCUT2D eigenvalue weighted by molar-refractivity contribution is 6.31. The van der Waals surface area contributed by atoms with Crippen molar-refractivity contribution >= 4 is 34.2 Å². The lowest BCUT2D eigenvalue weighted by atomic mass is 10.2. The zero-order chi connectivity index (χ0) is 17.5. The van der Waals surface area contributed by atoms with Crippen LogP contribution in [-0.4, -0.2) is 45.3 Å². The smallest absolute Gasteiger partial charge is 0.267 e. The molecule has 1 aliphatic heterocycles. The maximum atomic E-state index is 13.5. The van der Waals surface area contributed by atoms with E-state index in [0.29, 0.717) is 21.7 Å². The summed E-state index contributed by atoms with van der Waals surface area (Å²) in [4.78, 5) is 22.0. The number of benzene rings is 1. The number of nitrogens with one attached hydrogen (secondary N) is 1. The van der Waals surface area contributed by atoms with Crippen LogP contribution in [0.15, 0.2) is 24.5 Å². The Hall–Kier alpha value is -2.02. The van der Waals surface area contributed by atoms with Gasteiger partial charge >= 0.3 is 0 Å². The number of alkyl halides is 2. The van der Waals surface area contributed by atoms with Gasteiger partial charge in [0.15, 0.2) is 0 Å². The van der Waals surface area contributed by atoms with Crippen molar-refractivity contribution in [1.82, 2.24) is 14.9 Å². The standard InChI is InChI=1S/C16H17ClF2N4O/c1-9-6-16(18,19)7-23(9)15(24)10(2)22-14-12-4-3-11(17)5-13(12)20-8-21-14/h3-5,8-10H,6-7H2,1-2H3,(H,20,21,22)/t9-,10-/m1/s1. The number of hydrogen-bond acceptors (Lipinski definition) is 4. The summed E-state index contributed by atoms with van der Waals surface area (Å²) in [5.41, 5.74) is 0.640. The molecule has 1 amide bonds. The normalized spacial score (nSPS) is 21.0. The third-order valence-corrected chi connectivity index (χ3v) is 4.37. The molecular weight excluding hydrogens is 338 g/mol. The van der Waals surface area contributed by atoms with Crippen LogP contribution in [0.4, 0.5) is 14.6 Å². The largest absolute Gasteiger partial charge is 0.358 e. The lowest BCUT2D eigenvalue weighted by Crippen LogP contribution is -2.44. The van der Waals surface area contributed by atoms with Crippen molar-refractivity contribution in [3.63, 3.8) is 0 Å². The van der Waals surface area contributed by atoms with Crippen LogP contribution in [0.3, 0.4) is 0 Å². The van der Waals surface area contributed by atoms with Gasteiger partial charge in [-0.25, -0.2) is 18.7 Å². The van der Waals surface area contributed by atoms with Crippen LogP contribution in [0.5, 0.6) is 0 Å². The number of halogens is 3. The van der Waals surface area contributed by atoms with Gasteiger partial charge in [0.25, 0.3) is 5.92 Å². The highest BCUT2D eigenvalue weighted by Crippen LogP contribution is 2.32. The highest BCUT2D eigenvalue weighted by Gasteiger charge is 2.45. The zero-order valence-corrected chi connectivity index (χ0v) is 14.0. The second-order valence-electron chi connectivity index (χ2n) is 6.13. The summed E-state index contributed by atoms with van der Waals surface area (Å²) in [7, 11) is 0. The molecule has 0 saturated carbocycles. The topological polar surface area (TPSA) is 58.1 Å². The first-order chi connectivity index (χ1) is 11.3. The van der Waals surface area contributed by atoms with Crippen LogP contribution in [0, 0.1) is 0 Å². The maximum Gasteiger partial charge on any atom is 0.267 e. The Morgan fingerprint density at radius 3 is 2.88 bits per heavy atom. The average Bonchev–Trinajstić information content (AvgIpc) is 2.79. The molecule has 0 spiro atoms. The van der Waals surface area contributed by atoms with Gasteiger partial charge in [-0.15, -0.1) is 0 Å². The molecule has 8 heteroatoms. The van der Waals surface area contributed by atoms with Gasteiger partial charge in [-0.05, 0) is 32.0 Å². The molecule has 2 heterocycles. The quantitative estimate of drug-likeness (QED) is 0.918. The second kappa shape index (κ2) is 6.12. The summed E-state index contributed by atoms with van der Waals surface area (Å²) in [6, 6.07) is 3.98. The molecule has 0 unspecified atom stereocenters. The Bertz CT molecular complexity index is 786. The maximum absolute atomic E-state index is 13.5. The van der Waals surface area contributed by atoms with Gasteiger partial charge in [-0.3, -0.25) is 4.79 Å². The number of anilines is 1. The van der Waals surface area contributed by atoms with Gasteiger partial charge in [0.1, 0.15) is 18.2 Å². The summed E-state index contributed by atoms with van der Waals surface area (Å²) in [5, 5.41) is 4.25. The first kappa shape index (κ1) is 16.8. The Labute approximate surface area is 143 Å². The van der Waals surface area contributed by atoms with E-state index in [1.165, 1.54) is 11.2 Å². The fourth-order valence-electron chi connectivity index (χ4n) is 2.97. The molecule has 0 aliphatic carbocycles. The first-order valence-corrected chi connectivity index (χ1v) is 8.00. The number of rotatable bonds is 3. The number of amides is 1. The molecule has 0 bridgehead atoms. The van der Waals surface area contributed by atoms with Crippen LogP contribution in [0.1, 0.15) is 20.3 Å². The second-order valence-corrected chi connectivity index (χ2v) is 6.56. The predicted molar refractivity (Wildman–Crippen MR) is 88.4 cm³/mol. The Kier molecular flexibility index (Phi) is 4.29. The SMILES string of the molecule is C[C@@H]1CC(F)(F)CN1C(=O)[C@@H](C)Nc1ncnc2cc(Cl)ccc12. The molecular formula is C16H17ClF2N4O. The van der Waals surface area contributed by atoms with Crippen LogP contribution >= 0.6 is 11.6 Å². The van der Waals surface area contributed by atoms with E-state index in [2.05, 4.69) is 15.3 Å². The van der Waals surface area contributed by atoms with Gasteiger partial charge in [-0.1, -0.05) is 11.6 Å². The van der Waals surface area contributed by atoms with Crippen molar-refractivity contribution in [2.45, 2.75) is 38.3 Å². The molecule has 1 aromatic carbocycles. The summed E-state index contributed by atoms with van der Waals surface area (Å²) >= 11 is 5.94. The summed E-state index contributed by atoms with van der Waals surface area (Å²) in [6.45, 7) is 2.72. The molecule has 1 N–H and O–H groups in total. The summed E-state index contributed by atoms with van der Waals surface area (Å²) in [5.74, 6) is -2.73. The van der Waals surface area contributed by atoms with E-state index in [4.69, 9.17) is 11.6 Å². The minimum atomic E-state index is -2.83. The number of likely N-dealkylation sites (tertiary alicyclic amines) is 1. The third-order valence-electron chi connectivity index (χ3n) is 4.13. The monoisotopic (exact) mass is 354 g/mol. The van der Waals surface area contributed by atoms with Crippen molar-refractivity contribution in [2.75, 3.05) is 11.9 Å². The predicted octanol–water partition coefficient (Wildman–Crippen LogP) is 3.34. The fourth-order valence-corrected chi connectivity index (χ4v) is 3.13. The van der Waals surface area contributed by atoms with Crippen molar-refractivity contribution in [3.05, 3.63) is 29.5 Å². The zero-order valence-electron chi connectivity index (χ0n) is 13.3. The van der Waals surface area contributed by atoms with E-state index in [0.717, 1.165) is 0 Å². The van der Waals surface area contributed by atoms with Crippen LogP contribution < -0.4 is 5.32 Å². The lowest BCUT2D eigenvalue weighted by molar-refractivity contribution is -0.133. The number of aromatic nitrogens is 2. The number of hydrogen-bond donors (Lipinski definition) is 1. The van der Waals surface area contributed by atoms with Crippen LogP contribution in [0.25, 0.3) is 10.9 Å². The molecule has 1 saturated heterocycles. The van der Waals surface area contributed by atoms with Gasteiger partial charge < -0.3 is 10.2 Å². The number of fused-ring (bicyclic) bond motifs is 1. The van der Waals surface area contributed by atoms with Crippen molar-refractivity contribution in [3.8, 4) is 0 Å². The van der Waals surface area contributed by atoms with E-state index in [9.17, 15) is 13.6 Å². The van der Waals surface area contributed by atoms with Crippen molar-refractivity contribution in [1.29, 1.82) is 0 Å².